The summed E-state index contributed by atoms with van der Waals surface area (Å²) in [6, 6.07) is 2.06. The third-order valence-corrected chi connectivity index (χ3v) is 3.51. The molecule has 8 nitrogen and oxygen atoms in total. The summed E-state index contributed by atoms with van der Waals surface area (Å²) in [7, 11) is 5.63. The van der Waals surface area contributed by atoms with Gasteiger partial charge in [-0.3, -0.25) is 0 Å². The predicted octanol–water partition coefficient (Wildman–Crippen LogP) is 0.962. The molecule has 0 amide bonds. The van der Waals surface area contributed by atoms with Crippen LogP contribution in [0.15, 0.2) is 23.5 Å². The highest BCUT2D eigenvalue weighted by atomic mass is 127. The number of aliphatic imine (C=N–C) groups is 1. The number of halogens is 1. The number of hydrogen-bond donors (Lipinski definition) is 2. The summed E-state index contributed by atoms with van der Waals surface area (Å²) in [6.45, 7) is 4.41. The highest BCUT2D eigenvalue weighted by molar-refractivity contribution is 14.0. The minimum atomic E-state index is 0. The molecular weight excluding hydrogens is 421 g/mol. The van der Waals surface area contributed by atoms with Gasteiger partial charge in [-0.2, -0.15) is 0 Å². The van der Waals surface area contributed by atoms with Gasteiger partial charge in [0.1, 0.15) is 5.82 Å². The van der Waals surface area contributed by atoms with E-state index in [1.165, 1.54) is 0 Å². The summed E-state index contributed by atoms with van der Waals surface area (Å²) in [5.41, 5.74) is 1.16. The summed E-state index contributed by atoms with van der Waals surface area (Å²) in [4.78, 5) is 4.60. The average Bonchev–Trinajstić information content (AvgIpc) is 3.09. The Morgan fingerprint density at radius 3 is 2.67 bits per heavy atom. The van der Waals surface area contributed by atoms with Crippen LogP contribution in [0.2, 0.25) is 0 Å². The number of aromatic nitrogens is 4. The molecule has 0 aliphatic heterocycles. The lowest BCUT2D eigenvalue weighted by molar-refractivity contribution is 0.203. The molecular formula is C15H26IN7O. The molecule has 0 unspecified atom stereocenters. The molecule has 0 atom stereocenters. The van der Waals surface area contributed by atoms with Crippen LogP contribution in [-0.2, 0) is 31.9 Å². The van der Waals surface area contributed by atoms with Gasteiger partial charge in [0, 0.05) is 40.1 Å². The Balaban J connectivity index is 0.00000288. The van der Waals surface area contributed by atoms with Crippen LogP contribution in [0.1, 0.15) is 17.2 Å². The van der Waals surface area contributed by atoms with E-state index in [0.717, 1.165) is 23.2 Å². The molecule has 2 heterocycles. The fourth-order valence-electron chi connectivity index (χ4n) is 2.04. The van der Waals surface area contributed by atoms with E-state index in [1.807, 2.05) is 36.4 Å². The van der Waals surface area contributed by atoms with Gasteiger partial charge in [-0.15, -0.1) is 34.2 Å². The Morgan fingerprint density at radius 2 is 2.08 bits per heavy atom. The van der Waals surface area contributed by atoms with Crippen LogP contribution in [0, 0.1) is 6.92 Å². The maximum atomic E-state index is 5.07. The van der Waals surface area contributed by atoms with Gasteiger partial charge in [-0.05, 0) is 18.6 Å². The molecule has 0 aliphatic rings. The number of methoxy groups -OCH3 is 1. The van der Waals surface area contributed by atoms with Gasteiger partial charge in [0.2, 0.25) is 0 Å². The summed E-state index contributed by atoms with van der Waals surface area (Å²) in [5.74, 6) is 2.48. The van der Waals surface area contributed by atoms with Crippen molar-refractivity contribution in [3.05, 3.63) is 35.7 Å². The van der Waals surface area contributed by atoms with Crippen LogP contribution in [0.5, 0.6) is 0 Å². The average molecular weight is 447 g/mol. The first-order valence-electron chi connectivity index (χ1n) is 7.57. The molecule has 2 N–H and O–H groups in total. The Bertz CT molecular complexity index is 650. The first-order valence-corrected chi connectivity index (χ1v) is 7.57. The van der Waals surface area contributed by atoms with Crippen LogP contribution in [0.4, 0.5) is 0 Å². The van der Waals surface area contributed by atoms with Gasteiger partial charge < -0.3 is 24.5 Å². The number of rotatable bonds is 7. The van der Waals surface area contributed by atoms with Gasteiger partial charge in [0.25, 0.3) is 0 Å². The van der Waals surface area contributed by atoms with Crippen molar-refractivity contribution < 1.29 is 4.74 Å². The van der Waals surface area contributed by atoms with E-state index in [1.54, 1.807) is 7.11 Å². The summed E-state index contributed by atoms with van der Waals surface area (Å²) >= 11 is 0. The lowest BCUT2D eigenvalue weighted by atomic mass is 10.3. The van der Waals surface area contributed by atoms with E-state index in [4.69, 9.17) is 4.74 Å². The Hall–Kier alpha value is -1.62. The Morgan fingerprint density at radius 1 is 1.29 bits per heavy atom. The molecule has 0 bridgehead atoms. The molecule has 24 heavy (non-hydrogen) atoms. The second-order valence-electron chi connectivity index (χ2n) is 5.35. The van der Waals surface area contributed by atoms with Gasteiger partial charge >= 0.3 is 0 Å². The highest BCUT2D eigenvalue weighted by Crippen LogP contribution is 2.01. The van der Waals surface area contributed by atoms with Crippen LogP contribution in [-0.4, -0.2) is 45.6 Å². The third-order valence-electron chi connectivity index (χ3n) is 3.51. The van der Waals surface area contributed by atoms with E-state index in [-0.39, 0.29) is 24.0 Å². The van der Waals surface area contributed by atoms with Gasteiger partial charge in [-0.1, -0.05) is 0 Å². The summed E-state index contributed by atoms with van der Waals surface area (Å²) in [5, 5.41) is 14.7. The molecule has 0 fully saturated rings. The van der Waals surface area contributed by atoms with Crippen LogP contribution >= 0.6 is 24.0 Å². The molecule has 9 heteroatoms. The van der Waals surface area contributed by atoms with E-state index >= 15 is 0 Å². The lowest BCUT2D eigenvalue weighted by Gasteiger charge is -2.12. The Kier molecular flexibility index (Phi) is 8.76. The summed E-state index contributed by atoms with van der Waals surface area (Å²) < 4.78 is 9.04. The molecule has 134 valence electrons. The zero-order valence-electron chi connectivity index (χ0n) is 14.6. The standard InChI is InChI=1S/C15H25N7O.HI/c1-12-19-20-14(22(12)3)10-18-15(16-6-8-23-4)17-9-13-5-7-21(2)11-13;/h5,7,11H,6,8-10H2,1-4H3,(H2,16,17,18);1H. The van der Waals surface area contributed by atoms with Crippen molar-refractivity contribution in [2.75, 3.05) is 20.3 Å². The SMILES string of the molecule is COCCNC(=NCc1ccn(C)c1)NCc1nnc(C)n1C.I. The van der Waals surface area contributed by atoms with E-state index in [9.17, 15) is 0 Å². The van der Waals surface area contributed by atoms with Crippen LogP contribution in [0.3, 0.4) is 0 Å². The lowest BCUT2D eigenvalue weighted by Crippen LogP contribution is -2.39. The van der Waals surface area contributed by atoms with Crippen molar-refractivity contribution in [1.29, 1.82) is 0 Å². The largest absolute Gasteiger partial charge is 0.383 e. The van der Waals surface area contributed by atoms with Crippen molar-refractivity contribution in [2.24, 2.45) is 19.1 Å². The Labute approximate surface area is 159 Å². The topological polar surface area (TPSA) is 81.3 Å². The smallest absolute Gasteiger partial charge is 0.192 e. The van der Waals surface area contributed by atoms with Crippen LogP contribution in [0.25, 0.3) is 0 Å². The van der Waals surface area contributed by atoms with E-state index in [0.29, 0.717) is 26.2 Å². The second kappa shape index (κ2) is 10.3. The quantitative estimate of drug-likeness (QED) is 0.286. The van der Waals surface area contributed by atoms with E-state index < -0.39 is 0 Å². The maximum absolute atomic E-state index is 5.07. The molecule has 0 spiro atoms. The fraction of sp³-hybridized carbons (Fsp3) is 0.533. The molecule has 0 saturated heterocycles. The zero-order chi connectivity index (χ0) is 16.7. The number of aryl methyl sites for hydroxylation is 2. The minimum absolute atomic E-state index is 0. The molecule has 0 saturated carbocycles. The van der Waals surface area contributed by atoms with Crippen molar-refractivity contribution in [1.82, 2.24) is 30.0 Å². The zero-order valence-corrected chi connectivity index (χ0v) is 16.9. The predicted molar refractivity (Wildman–Crippen MR) is 104 cm³/mol. The monoisotopic (exact) mass is 447 g/mol. The van der Waals surface area contributed by atoms with Gasteiger partial charge in [0.15, 0.2) is 11.8 Å². The minimum Gasteiger partial charge on any atom is -0.383 e. The van der Waals surface area contributed by atoms with Gasteiger partial charge in [-0.25, -0.2) is 4.99 Å². The molecule has 2 aromatic rings. The van der Waals surface area contributed by atoms with Gasteiger partial charge in [0.05, 0.1) is 19.7 Å². The molecule has 2 rings (SSSR count). The fourth-order valence-corrected chi connectivity index (χ4v) is 2.04. The van der Waals surface area contributed by atoms with Crippen LogP contribution < -0.4 is 10.6 Å². The molecule has 0 radical (unpaired) electrons. The molecule has 0 aromatic carbocycles. The number of nitrogens with zero attached hydrogens (tertiary/aromatic N) is 5. The van der Waals surface area contributed by atoms with Crippen molar-refractivity contribution >= 4 is 29.9 Å². The van der Waals surface area contributed by atoms with Crippen molar-refractivity contribution in [3.63, 3.8) is 0 Å². The highest BCUT2D eigenvalue weighted by Gasteiger charge is 2.06. The summed E-state index contributed by atoms with van der Waals surface area (Å²) in [6.07, 6.45) is 4.07. The molecule has 2 aromatic heterocycles. The first kappa shape index (κ1) is 20.4. The normalized spacial score (nSPS) is 11.2. The number of nitrogens with one attached hydrogen (secondary N) is 2. The number of ether oxygens (including phenoxy) is 1. The number of guanidine groups is 1. The second-order valence-corrected chi connectivity index (χ2v) is 5.35. The van der Waals surface area contributed by atoms with Crippen molar-refractivity contribution in [2.45, 2.75) is 20.0 Å². The molecule has 0 aliphatic carbocycles. The van der Waals surface area contributed by atoms with E-state index in [2.05, 4.69) is 38.1 Å². The van der Waals surface area contributed by atoms with Crippen molar-refractivity contribution in [3.8, 4) is 0 Å². The first-order chi connectivity index (χ1) is 11.1. The number of hydrogen-bond acceptors (Lipinski definition) is 4. The third kappa shape index (κ3) is 6.11. The maximum Gasteiger partial charge on any atom is 0.192 e.